The lowest BCUT2D eigenvalue weighted by Gasteiger charge is -2.45. The molecule has 12 heteroatoms. The van der Waals surface area contributed by atoms with Crippen LogP contribution in [0.3, 0.4) is 0 Å². The largest absolute Gasteiger partial charge is 0.380 e. The fourth-order valence-electron chi connectivity index (χ4n) is 5.53. The fraction of sp³-hybridized carbons (Fsp3) is 0.423. The number of rotatable bonds is 10. The molecule has 1 fully saturated rings. The minimum Gasteiger partial charge on any atom is -0.380 e. The van der Waals surface area contributed by atoms with Crippen LogP contribution in [0.1, 0.15) is 39.9 Å². The zero-order valence-corrected chi connectivity index (χ0v) is 22.1. The van der Waals surface area contributed by atoms with Crippen LogP contribution in [0.15, 0.2) is 36.4 Å². The molecule has 2 amide bonds. The van der Waals surface area contributed by atoms with Gasteiger partial charge in [-0.3, -0.25) is 14.5 Å². The summed E-state index contributed by atoms with van der Waals surface area (Å²) in [5.41, 5.74) is -0.915. The summed E-state index contributed by atoms with van der Waals surface area (Å²) in [5, 5.41) is 17.5. The van der Waals surface area contributed by atoms with E-state index >= 15 is 0 Å². The van der Waals surface area contributed by atoms with E-state index in [2.05, 4.69) is 15.5 Å². The summed E-state index contributed by atoms with van der Waals surface area (Å²) in [5.74, 6) is -1.37. The van der Waals surface area contributed by atoms with Crippen molar-refractivity contribution in [3.8, 4) is 0 Å². The highest BCUT2D eigenvalue weighted by Gasteiger charge is 2.55. The minimum atomic E-state index is -1.86. The van der Waals surface area contributed by atoms with Crippen LogP contribution in [0.2, 0.25) is 0 Å². The van der Waals surface area contributed by atoms with Gasteiger partial charge in [0.15, 0.2) is 7.85 Å². The van der Waals surface area contributed by atoms with Crippen molar-refractivity contribution in [2.24, 2.45) is 0 Å². The number of hydrogen-bond acceptors (Lipinski definition) is 7. The van der Waals surface area contributed by atoms with Crippen LogP contribution in [0.4, 0.5) is 10.1 Å². The van der Waals surface area contributed by atoms with Crippen molar-refractivity contribution in [1.29, 1.82) is 0 Å². The Labute approximate surface area is 223 Å². The number of aliphatic hydroxyl groups is 1. The Morgan fingerprint density at radius 1 is 1.29 bits per heavy atom. The summed E-state index contributed by atoms with van der Waals surface area (Å²) >= 11 is 0. The number of aldehydes is 1. The Morgan fingerprint density at radius 2 is 2.03 bits per heavy atom. The van der Waals surface area contributed by atoms with Crippen molar-refractivity contribution < 1.29 is 28.6 Å². The number of morpholine rings is 1. The van der Waals surface area contributed by atoms with Crippen molar-refractivity contribution in [2.75, 3.05) is 38.7 Å². The molecule has 2 heterocycles. The molecule has 2 aromatic rings. The molecule has 0 spiro atoms. The van der Waals surface area contributed by atoms with E-state index in [1.54, 1.807) is 24.3 Å². The summed E-state index contributed by atoms with van der Waals surface area (Å²) in [7, 11) is 4.43. The lowest BCUT2D eigenvalue weighted by Crippen LogP contribution is -2.65. The molecule has 2 aliphatic heterocycles. The SMILES string of the molecule is BC(CCC=O)(C(=O)NC)N1C(=O)c2cccc(NCc3cc(CN4CCOCC4)ccc3F)c2C1(B)O. The maximum atomic E-state index is 14.7. The number of carbonyl (C=O) groups is 3. The topological polar surface area (TPSA) is 111 Å². The Morgan fingerprint density at radius 3 is 2.71 bits per heavy atom. The maximum Gasteiger partial charge on any atom is 0.256 e. The van der Waals surface area contributed by atoms with Gasteiger partial charge >= 0.3 is 0 Å². The molecule has 0 bridgehead atoms. The van der Waals surface area contributed by atoms with Gasteiger partial charge in [0.2, 0.25) is 5.91 Å². The second-order valence-electron chi connectivity index (χ2n) is 10.1. The molecule has 9 nitrogen and oxygen atoms in total. The van der Waals surface area contributed by atoms with E-state index < -0.39 is 22.9 Å². The smallest absolute Gasteiger partial charge is 0.256 e. The Hall–Kier alpha value is -3.21. The van der Waals surface area contributed by atoms with Gasteiger partial charge in [-0.15, -0.1) is 0 Å². The van der Waals surface area contributed by atoms with Gasteiger partial charge in [-0.2, -0.15) is 0 Å². The van der Waals surface area contributed by atoms with Gasteiger partial charge in [0.05, 0.1) is 18.7 Å². The van der Waals surface area contributed by atoms with Crippen molar-refractivity contribution in [2.45, 2.75) is 37.0 Å². The van der Waals surface area contributed by atoms with Crippen LogP contribution >= 0.6 is 0 Å². The van der Waals surface area contributed by atoms with E-state index in [9.17, 15) is 23.9 Å². The van der Waals surface area contributed by atoms with Crippen molar-refractivity contribution in [3.63, 3.8) is 0 Å². The van der Waals surface area contributed by atoms with E-state index in [0.29, 0.717) is 42.9 Å². The average molecular weight is 522 g/mol. The molecule has 2 unspecified atom stereocenters. The number of carbonyl (C=O) groups excluding carboxylic acids is 3. The molecule has 0 aromatic heterocycles. The number of ether oxygens (including phenoxy) is 1. The second-order valence-corrected chi connectivity index (χ2v) is 10.1. The number of likely N-dealkylation sites (N-methyl/N-ethyl adjacent to an activating group) is 1. The molecule has 0 radical (unpaired) electrons. The molecule has 4 rings (SSSR count). The number of nitrogens with one attached hydrogen (secondary N) is 2. The number of benzene rings is 2. The summed E-state index contributed by atoms with van der Waals surface area (Å²) in [6, 6.07) is 10.0. The molecule has 2 aromatic carbocycles. The molecule has 0 aliphatic carbocycles. The quantitative estimate of drug-likeness (QED) is 0.286. The molecule has 2 atom stereocenters. The van der Waals surface area contributed by atoms with Crippen LogP contribution < -0.4 is 10.6 Å². The summed E-state index contributed by atoms with van der Waals surface area (Å²) in [6.45, 7) is 3.82. The number of halogens is 1. The van der Waals surface area contributed by atoms with Gasteiger partial charge in [-0.25, -0.2) is 4.39 Å². The van der Waals surface area contributed by atoms with Gasteiger partial charge in [0.25, 0.3) is 5.91 Å². The van der Waals surface area contributed by atoms with Gasteiger partial charge in [0.1, 0.15) is 25.6 Å². The van der Waals surface area contributed by atoms with Crippen LogP contribution in [-0.4, -0.2) is 87.5 Å². The van der Waals surface area contributed by atoms with E-state index in [-0.39, 0.29) is 30.8 Å². The first-order valence-electron chi connectivity index (χ1n) is 12.8. The van der Waals surface area contributed by atoms with Crippen molar-refractivity contribution >= 4 is 39.5 Å². The molecular weight excluding hydrogens is 489 g/mol. The lowest BCUT2D eigenvalue weighted by molar-refractivity contribution is -0.135. The third-order valence-electron chi connectivity index (χ3n) is 7.46. The predicted molar refractivity (Wildman–Crippen MR) is 146 cm³/mol. The first kappa shape index (κ1) is 27.8. The molecule has 2 aliphatic rings. The highest BCUT2D eigenvalue weighted by molar-refractivity contribution is 6.32. The van der Waals surface area contributed by atoms with E-state index in [4.69, 9.17) is 4.74 Å². The number of fused-ring (bicyclic) bond motifs is 1. The molecule has 0 saturated carbocycles. The predicted octanol–water partition coefficient (Wildman–Crippen LogP) is -0.484. The van der Waals surface area contributed by atoms with E-state index in [1.807, 2.05) is 6.07 Å². The Balaban J connectivity index is 1.61. The molecule has 3 N–H and O–H groups in total. The first-order valence-corrected chi connectivity index (χ1v) is 12.8. The number of nitrogens with zero attached hydrogens (tertiary/aromatic N) is 2. The van der Waals surface area contributed by atoms with Gasteiger partial charge < -0.3 is 30.2 Å². The lowest BCUT2D eigenvalue weighted by atomic mass is 9.68. The zero-order chi connectivity index (χ0) is 27.5. The zero-order valence-electron chi connectivity index (χ0n) is 22.1. The average Bonchev–Trinajstić information content (AvgIpc) is 3.13. The highest BCUT2D eigenvalue weighted by atomic mass is 19.1. The second kappa shape index (κ2) is 11.3. The first-order chi connectivity index (χ1) is 18.1. The summed E-state index contributed by atoms with van der Waals surface area (Å²) < 4.78 is 20.1. The number of amides is 2. The van der Waals surface area contributed by atoms with Gasteiger partial charge in [0, 0.05) is 62.0 Å². The summed E-state index contributed by atoms with van der Waals surface area (Å²) in [6.07, 6.45) is 0.750. The Bertz CT molecular complexity index is 1220. The maximum absolute atomic E-state index is 14.7. The van der Waals surface area contributed by atoms with Crippen LogP contribution in [0.5, 0.6) is 0 Å². The molecule has 38 heavy (non-hydrogen) atoms. The normalized spacial score (nSPS) is 21.0. The number of anilines is 1. The molecular formula is C26H33B2FN4O5. The standard InChI is InChI=1S/C26H33B2FN4O5/c1-30-24(36)25(27,8-3-11-34)33-23(35)19-4-2-5-21(22(19)26(33,28)37)31-15-18-14-17(6-7-20(18)29)16-32-9-12-38-13-10-32/h2,4-7,11,14,31,37H,3,8-10,12-13,15-16,27-28H2,1H3,(H,30,36). The van der Waals surface area contributed by atoms with Crippen molar-refractivity contribution in [1.82, 2.24) is 15.1 Å². The summed E-state index contributed by atoms with van der Waals surface area (Å²) in [4.78, 5) is 41.0. The van der Waals surface area contributed by atoms with Crippen molar-refractivity contribution in [3.05, 3.63) is 64.5 Å². The third kappa shape index (κ3) is 5.21. The third-order valence-corrected chi connectivity index (χ3v) is 7.46. The van der Waals surface area contributed by atoms with Crippen LogP contribution in [0, 0.1) is 5.82 Å². The highest BCUT2D eigenvalue weighted by Crippen LogP contribution is 2.44. The van der Waals surface area contributed by atoms with Crippen LogP contribution in [-0.2, 0) is 33.0 Å². The van der Waals surface area contributed by atoms with Gasteiger partial charge in [-0.05, 0) is 36.2 Å². The molecule has 1 saturated heterocycles. The van der Waals surface area contributed by atoms with E-state index in [0.717, 1.165) is 23.6 Å². The minimum absolute atomic E-state index is 0.0330. The fourth-order valence-corrected chi connectivity index (χ4v) is 5.53. The molecule has 200 valence electrons. The number of hydrogen-bond donors (Lipinski definition) is 3. The van der Waals surface area contributed by atoms with Crippen LogP contribution in [0.25, 0.3) is 0 Å². The Kier molecular flexibility index (Phi) is 8.25. The van der Waals surface area contributed by atoms with Gasteiger partial charge in [-0.1, -0.05) is 12.1 Å². The monoisotopic (exact) mass is 522 g/mol. The van der Waals surface area contributed by atoms with E-state index in [1.165, 1.54) is 28.8 Å².